The van der Waals surface area contributed by atoms with E-state index in [0.29, 0.717) is 18.4 Å². The number of ketones is 1. The van der Waals surface area contributed by atoms with Crippen molar-refractivity contribution in [2.75, 3.05) is 0 Å². The number of carbonyl (C=O) groups excluding carboxylic acids is 4. The van der Waals surface area contributed by atoms with Crippen LogP contribution in [-0.4, -0.2) is 69.2 Å². The summed E-state index contributed by atoms with van der Waals surface area (Å²) in [7, 11) is 0. The van der Waals surface area contributed by atoms with Crippen molar-refractivity contribution in [2.45, 2.75) is 98.4 Å². The van der Waals surface area contributed by atoms with Gasteiger partial charge in [0.1, 0.15) is 18.3 Å². The fourth-order valence-electron chi connectivity index (χ4n) is 9.27. The van der Waals surface area contributed by atoms with Gasteiger partial charge in [0, 0.05) is 46.7 Å². The quantitative estimate of drug-likeness (QED) is 0.254. The summed E-state index contributed by atoms with van der Waals surface area (Å²) in [5.41, 5.74) is -4.72. The van der Waals surface area contributed by atoms with Crippen LogP contribution in [-0.2, 0) is 33.4 Å². The molecular weight excluding hydrogens is 544 g/mol. The maximum Gasteiger partial charge on any atom is 0.337 e. The molecule has 0 amide bonds. The highest BCUT2D eigenvalue weighted by Gasteiger charge is 2.74. The number of hydrogen-bond acceptors (Lipinski definition) is 10. The lowest BCUT2D eigenvalue weighted by molar-refractivity contribution is -0.247. The SMILES string of the molecule is CC(=O)OC1CC2C(C)(C)C(=O)C=CC2(C)C2C(OC(=O)C(C)(C)O)C(O)C3(C)C(=CCC3C3=CC(=O)OC3O)C12C. The number of cyclic esters (lactones) is 1. The first kappa shape index (κ1) is 30.6. The third kappa shape index (κ3) is 4.01. The molecule has 4 aliphatic carbocycles. The topological polar surface area (TPSA) is 157 Å². The third-order valence-corrected chi connectivity index (χ3v) is 11.2. The van der Waals surface area contributed by atoms with Gasteiger partial charge < -0.3 is 29.5 Å². The van der Waals surface area contributed by atoms with Crippen LogP contribution >= 0.6 is 0 Å². The molecule has 0 saturated heterocycles. The standard InChI is InChI=1S/C32H42O10/c1-15(33)40-21-14-19-28(2,3)20(34)11-12-30(19,6)24-23(42-27(38)29(4,5)39)25(36)31(7)17(9-10-18(31)32(21,24)8)16-13-22(35)41-26(16)37/h10-13,17,19,21,23-26,36-37,39H,9,14H2,1-8H3. The van der Waals surface area contributed by atoms with E-state index in [1.54, 1.807) is 13.0 Å². The lowest BCUT2D eigenvalue weighted by atomic mass is 9.37. The van der Waals surface area contributed by atoms with E-state index < -0.39 is 81.6 Å². The van der Waals surface area contributed by atoms with Crippen LogP contribution in [0.5, 0.6) is 0 Å². The molecule has 0 aromatic carbocycles. The van der Waals surface area contributed by atoms with E-state index in [1.165, 1.54) is 26.8 Å². The Morgan fingerprint density at radius 1 is 1.05 bits per heavy atom. The Morgan fingerprint density at radius 3 is 2.24 bits per heavy atom. The number of aliphatic hydroxyl groups is 3. The summed E-state index contributed by atoms with van der Waals surface area (Å²) in [6, 6.07) is 0. The molecule has 10 nitrogen and oxygen atoms in total. The van der Waals surface area contributed by atoms with Gasteiger partial charge in [0.25, 0.3) is 0 Å². The Balaban J connectivity index is 1.77. The van der Waals surface area contributed by atoms with Crippen LogP contribution in [0.1, 0.15) is 68.2 Å². The molecule has 0 aromatic heterocycles. The smallest absolute Gasteiger partial charge is 0.337 e. The summed E-state index contributed by atoms with van der Waals surface area (Å²) in [5.74, 6) is -3.88. The van der Waals surface area contributed by atoms with Crippen LogP contribution in [0.2, 0.25) is 0 Å². The molecular formula is C32H42O10. The first-order chi connectivity index (χ1) is 19.2. The van der Waals surface area contributed by atoms with Crippen molar-refractivity contribution in [3.8, 4) is 0 Å². The second-order valence-electron chi connectivity index (χ2n) is 14.4. The van der Waals surface area contributed by atoms with Crippen molar-refractivity contribution in [3.05, 3.63) is 35.5 Å². The van der Waals surface area contributed by atoms with Gasteiger partial charge in [0.05, 0.1) is 0 Å². The van der Waals surface area contributed by atoms with Gasteiger partial charge in [-0.1, -0.05) is 52.3 Å². The first-order valence-electron chi connectivity index (χ1n) is 14.6. The molecule has 10 atom stereocenters. The predicted molar refractivity (Wildman–Crippen MR) is 148 cm³/mol. The van der Waals surface area contributed by atoms with Gasteiger partial charge in [0.2, 0.25) is 6.29 Å². The zero-order chi connectivity index (χ0) is 31.4. The minimum atomic E-state index is -1.88. The maximum atomic E-state index is 13.3. The second-order valence-corrected chi connectivity index (χ2v) is 14.4. The highest BCUT2D eigenvalue weighted by molar-refractivity contribution is 5.96. The van der Waals surface area contributed by atoms with Crippen LogP contribution in [0.4, 0.5) is 0 Å². The zero-order valence-electron chi connectivity index (χ0n) is 25.5. The van der Waals surface area contributed by atoms with E-state index in [-0.39, 0.29) is 11.7 Å². The molecule has 3 N–H and O–H groups in total. The van der Waals surface area contributed by atoms with E-state index in [2.05, 4.69) is 0 Å². The van der Waals surface area contributed by atoms with Crippen LogP contribution in [0.15, 0.2) is 35.5 Å². The molecule has 2 saturated carbocycles. The predicted octanol–water partition coefficient (Wildman–Crippen LogP) is 2.54. The van der Waals surface area contributed by atoms with Gasteiger partial charge in [-0.2, -0.15) is 0 Å². The second kappa shape index (κ2) is 9.34. The molecule has 1 aliphatic heterocycles. The third-order valence-electron chi connectivity index (χ3n) is 11.2. The lowest BCUT2D eigenvalue weighted by Gasteiger charge is -2.68. The summed E-state index contributed by atoms with van der Waals surface area (Å²) in [4.78, 5) is 51.2. The fraction of sp³-hybridized carbons (Fsp3) is 0.688. The van der Waals surface area contributed by atoms with Crippen molar-refractivity contribution in [2.24, 2.45) is 39.4 Å². The van der Waals surface area contributed by atoms with Crippen molar-refractivity contribution < 1.29 is 48.7 Å². The van der Waals surface area contributed by atoms with Crippen LogP contribution < -0.4 is 0 Å². The molecule has 5 aliphatic rings. The van der Waals surface area contributed by atoms with Crippen molar-refractivity contribution >= 4 is 23.7 Å². The van der Waals surface area contributed by atoms with Crippen LogP contribution in [0.25, 0.3) is 0 Å². The summed E-state index contributed by atoms with van der Waals surface area (Å²) in [6.07, 6.45) is 2.39. The lowest BCUT2D eigenvalue weighted by Crippen LogP contribution is -2.72. The molecule has 0 aromatic rings. The molecule has 230 valence electrons. The van der Waals surface area contributed by atoms with E-state index in [0.717, 1.165) is 5.57 Å². The summed E-state index contributed by atoms with van der Waals surface area (Å²) in [5, 5.41) is 33.6. The maximum absolute atomic E-state index is 13.3. The number of fused-ring (bicyclic) bond motifs is 5. The number of allylic oxidation sites excluding steroid dienone is 3. The number of carbonyl (C=O) groups is 4. The van der Waals surface area contributed by atoms with Crippen LogP contribution in [0, 0.1) is 39.4 Å². The average Bonchev–Trinajstić information content (AvgIpc) is 3.39. The van der Waals surface area contributed by atoms with Crippen molar-refractivity contribution in [3.63, 3.8) is 0 Å². The number of esters is 3. The number of rotatable bonds is 4. The van der Waals surface area contributed by atoms with E-state index in [9.17, 15) is 34.5 Å². The number of hydrogen-bond donors (Lipinski definition) is 3. The molecule has 0 radical (unpaired) electrons. The van der Waals surface area contributed by atoms with Gasteiger partial charge in [-0.15, -0.1) is 0 Å². The highest BCUT2D eigenvalue weighted by Crippen LogP contribution is 2.73. The Labute approximate surface area is 245 Å². The Kier molecular flexibility index (Phi) is 6.81. The van der Waals surface area contributed by atoms with Crippen molar-refractivity contribution in [1.82, 2.24) is 0 Å². The minimum Gasteiger partial charge on any atom is -0.462 e. The molecule has 2 fully saturated rings. The van der Waals surface area contributed by atoms with Gasteiger partial charge in [-0.25, -0.2) is 9.59 Å². The van der Waals surface area contributed by atoms with Crippen LogP contribution in [0.3, 0.4) is 0 Å². The largest absolute Gasteiger partial charge is 0.462 e. The van der Waals surface area contributed by atoms with Gasteiger partial charge in [-0.3, -0.25) is 9.59 Å². The minimum absolute atomic E-state index is 0.0756. The Morgan fingerprint density at radius 2 is 1.69 bits per heavy atom. The Hall–Kier alpha value is -2.82. The average molecular weight is 587 g/mol. The van der Waals surface area contributed by atoms with Crippen molar-refractivity contribution in [1.29, 1.82) is 0 Å². The first-order valence-corrected chi connectivity index (χ1v) is 14.6. The van der Waals surface area contributed by atoms with Gasteiger partial charge >= 0.3 is 17.9 Å². The number of aliphatic hydroxyl groups excluding tert-OH is 2. The fourth-order valence-corrected chi connectivity index (χ4v) is 9.27. The summed E-state index contributed by atoms with van der Waals surface area (Å²) < 4.78 is 17.2. The molecule has 10 heteroatoms. The molecule has 10 unspecified atom stereocenters. The number of ether oxygens (including phenoxy) is 3. The molecule has 42 heavy (non-hydrogen) atoms. The molecule has 1 heterocycles. The van der Waals surface area contributed by atoms with E-state index in [4.69, 9.17) is 14.2 Å². The zero-order valence-corrected chi connectivity index (χ0v) is 25.5. The molecule has 0 bridgehead atoms. The van der Waals surface area contributed by atoms with Gasteiger partial charge in [0.15, 0.2) is 11.4 Å². The van der Waals surface area contributed by atoms with Gasteiger partial charge in [-0.05, 0) is 44.1 Å². The summed E-state index contributed by atoms with van der Waals surface area (Å²) >= 11 is 0. The van der Waals surface area contributed by atoms with E-state index in [1.807, 2.05) is 39.8 Å². The highest BCUT2D eigenvalue weighted by atomic mass is 16.6. The summed E-state index contributed by atoms with van der Waals surface area (Å²) in [6.45, 7) is 13.3. The Bertz CT molecular complexity index is 1330. The molecule has 5 rings (SSSR count). The normalized spacial score (nSPS) is 43.8. The monoisotopic (exact) mass is 586 g/mol. The van der Waals surface area contributed by atoms with E-state index >= 15 is 0 Å². The molecule has 0 spiro atoms.